The van der Waals surface area contributed by atoms with Crippen LogP contribution in [-0.4, -0.2) is 16.0 Å². The highest BCUT2D eigenvalue weighted by Crippen LogP contribution is 2.48. The van der Waals surface area contributed by atoms with Gasteiger partial charge in [-0.15, -0.1) is 10.2 Å². The van der Waals surface area contributed by atoms with Gasteiger partial charge in [-0.2, -0.15) is 0 Å². The van der Waals surface area contributed by atoms with Crippen molar-refractivity contribution in [3.05, 3.63) is 58.1 Å². The second kappa shape index (κ2) is 6.11. The lowest BCUT2D eigenvalue weighted by Crippen LogP contribution is -1.96. The van der Waals surface area contributed by atoms with Gasteiger partial charge in [0.1, 0.15) is 0 Å². The zero-order valence-electron chi connectivity index (χ0n) is 13.5. The van der Waals surface area contributed by atoms with E-state index < -0.39 is 0 Å². The van der Waals surface area contributed by atoms with Gasteiger partial charge in [-0.25, -0.2) is 0 Å². The summed E-state index contributed by atoms with van der Waals surface area (Å²) >= 11 is 3.52. The maximum atomic E-state index is 12.3. The number of H-pyrrole nitrogens is 1. The molecule has 126 valence electrons. The van der Waals surface area contributed by atoms with Gasteiger partial charge in [0.25, 0.3) is 5.91 Å². The summed E-state index contributed by atoms with van der Waals surface area (Å²) in [5, 5.41) is 18.8. The number of fused-ring (bicyclic) bond motifs is 1. The molecule has 0 unspecified atom stereocenters. The molecule has 2 atom stereocenters. The van der Waals surface area contributed by atoms with Crippen molar-refractivity contribution in [3.8, 4) is 5.88 Å². The molecule has 5 nitrogen and oxygen atoms in total. The number of nitrogens with zero attached hydrogens (tertiary/aromatic N) is 2. The van der Waals surface area contributed by atoms with Gasteiger partial charge >= 0.3 is 0 Å². The molecule has 2 aromatic carbocycles. The number of nitrogens with one attached hydrogen (secondary N) is 1. The summed E-state index contributed by atoms with van der Waals surface area (Å²) in [7, 11) is 0. The lowest BCUT2D eigenvalue weighted by Gasteiger charge is -2.00. The zero-order valence-corrected chi connectivity index (χ0v) is 15.1. The van der Waals surface area contributed by atoms with Gasteiger partial charge in [-0.1, -0.05) is 36.4 Å². The van der Waals surface area contributed by atoms with E-state index in [0.717, 1.165) is 32.9 Å². The molecule has 1 aromatic heterocycles. The number of amides is 1. The molecule has 1 amide bonds. The molecule has 1 heterocycles. The summed E-state index contributed by atoms with van der Waals surface area (Å²) in [5.41, 5.74) is 3.20. The minimum atomic E-state index is -0.244. The fourth-order valence-corrected chi connectivity index (χ4v) is 3.66. The maximum Gasteiger partial charge on any atom is 0.268 e. The van der Waals surface area contributed by atoms with Crippen LogP contribution in [0, 0.1) is 12.8 Å². The third-order valence-corrected chi connectivity index (χ3v) is 5.66. The number of aromatic hydroxyl groups is 1. The summed E-state index contributed by atoms with van der Waals surface area (Å²) in [6.45, 7) is 1.95. The Hall–Kier alpha value is -2.47. The Balaban J connectivity index is 1.59. The van der Waals surface area contributed by atoms with Gasteiger partial charge in [-0.3, -0.25) is 4.79 Å². The molecule has 0 spiro atoms. The average molecular weight is 398 g/mol. The topological polar surface area (TPSA) is 77.8 Å². The number of aromatic nitrogens is 1. The Labute approximate surface area is 152 Å². The number of azo groups is 1. The number of carbonyl (C=O) groups excluding carboxylic acids is 1. The van der Waals surface area contributed by atoms with E-state index in [2.05, 4.69) is 31.1 Å². The third kappa shape index (κ3) is 2.87. The van der Waals surface area contributed by atoms with Crippen molar-refractivity contribution < 1.29 is 9.90 Å². The van der Waals surface area contributed by atoms with Crippen LogP contribution in [0.15, 0.2) is 57.2 Å². The molecule has 1 saturated carbocycles. The molecule has 1 fully saturated rings. The SMILES string of the molecule is Cc1ccc2[nH]c(O)c(N=NC(=O)[C@H]3C[C@H]3c3ccccc3)c2c1Br. The van der Waals surface area contributed by atoms with Crippen molar-refractivity contribution in [3.63, 3.8) is 0 Å². The quantitative estimate of drug-likeness (QED) is 0.583. The zero-order chi connectivity index (χ0) is 17.6. The summed E-state index contributed by atoms with van der Waals surface area (Å²) in [6, 6.07) is 13.8. The van der Waals surface area contributed by atoms with Crippen LogP contribution in [0.3, 0.4) is 0 Å². The average Bonchev–Trinajstić information content (AvgIpc) is 3.35. The summed E-state index contributed by atoms with van der Waals surface area (Å²) in [4.78, 5) is 15.2. The lowest BCUT2D eigenvalue weighted by molar-refractivity contribution is -0.119. The van der Waals surface area contributed by atoms with E-state index >= 15 is 0 Å². The molecule has 6 heteroatoms. The van der Waals surface area contributed by atoms with E-state index in [4.69, 9.17) is 0 Å². The number of hydrogen-bond donors (Lipinski definition) is 2. The number of aromatic amines is 1. The number of carbonyl (C=O) groups is 1. The van der Waals surface area contributed by atoms with Crippen molar-refractivity contribution in [1.82, 2.24) is 4.98 Å². The first-order valence-electron chi connectivity index (χ1n) is 8.06. The molecule has 0 bridgehead atoms. The number of rotatable bonds is 3. The minimum Gasteiger partial charge on any atom is -0.493 e. The second-order valence-corrected chi connectivity index (χ2v) is 7.13. The fourth-order valence-electron chi connectivity index (χ4n) is 3.13. The lowest BCUT2D eigenvalue weighted by atomic mass is 10.1. The smallest absolute Gasteiger partial charge is 0.268 e. The van der Waals surface area contributed by atoms with Crippen LogP contribution in [0.4, 0.5) is 5.69 Å². The molecule has 0 aliphatic heterocycles. The normalized spacial score (nSPS) is 19.6. The first kappa shape index (κ1) is 16.0. The highest BCUT2D eigenvalue weighted by Gasteiger charge is 2.44. The van der Waals surface area contributed by atoms with Gasteiger partial charge < -0.3 is 10.1 Å². The standard InChI is InChI=1S/C19H16BrN3O2/c1-10-7-8-14-15(16(10)20)17(19(25)21-14)22-23-18(24)13-9-12(13)11-5-3-2-4-6-11/h2-8,12-13,21,25H,9H2,1H3/t12-,13-/m0/s1. The Kier molecular flexibility index (Phi) is 3.92. The predicted molar refractivity (Wildman–Crippen MR) is 99.2 cm³/mol. The van der Waals surface area contributed by atoms with Crippen LogP contribution in [0.2, 0.25) is 0 Å². The first-order chi connectivity index (χ1) is 12.1. The van der Waals surface area contributed by atoms with Gasteiger partial charge in [-0.05, 0) is 52.4 Å². The number of aryl methyl sites for hydroxylation is 1. The largest absolute Gasteiger partial charge is 0.493 e. The number of halogens is 1. The minimum absolute atomic E-state index is 0.0896. The summed E-state index contributed by atoms with van der Waals surface area (Å²) < 4.78 is 0.830. The number of benzene rings is 2. The Morgan fingerprint density at radius 1 is 1.24 bits per heavy atom. The van der Waals surface area contributed by atoms with E-state index in [1.807, 2.05) is 49.4 Å². The van der Waals surface area contributed by atoms with Crippen LogP contribution in [0.1, 0.15) is 23.5 Å². The highest BCUT2D eigenvalue weighted by atomic mass is 79.9. The molecule has 3 aromatic rings. The Bertz CT molecular complexity index is 995. The molecule has 4 rings (SSSR count). The van der Waals surface area contributed by atoms with Gasteiger partial charge in [0, 0.05) is 15.8 Å². The molecule has 2 N–H and O–H groups in total. The van der Waals surface area contributed by atoms with Crippen molar-refractivity contribution >= 4 is 38.4 Å². The molecule has 0 saturated heterocycles. The van der Waals surface area contributed by atoms with E-state index in [9.17, 15) is 9.90 Å². The molecule has 25 heavy (non-hydrogen) atoms. The van der Waals surface area contributed by atoms with Gasteiger partial charge in [0.15, 0.2) is 5.69 Å². The third-order valence-electron chi connectivity index (χ3n) is 4.63. The van der Waals surface area contributed by atoms with Crippen LogP contribution >= 0.6 is 15.9 Å². The van der Waals surface area contributed by atoms with E-state index in [1.54, 1.807) is 0 Å². The second-order valence-electron chi connectivity index (χ2n) is 6.34. The van der Waals surface area contributed by atoms with Crippen molar-refractivity contribution in [2.45, 2.75) is 19.3 Å². The Morgan fingerprint density at radius 3 is 2.76 bits per heavy atom. The highest BCUT2D eigenvalue weighted by molar-refractivity contribution is 9.10. The predicted octanol–water partition coefficient (Wildman–Crippen LogP) is 5.36. The van der Waals surface area contributed by atoms with E-state index in [0.29, 0.717) is 0 Å². The molecule has 1 aliphatic carbocycles. The maximum absolute atomic E-state index is 12.3. The summed E-state index contributed by atoms with van der Waals surface area (Å²) in [6.07, 6.45) is 0.796. The monoisotopic (exact) mass is 397 g/mol. The van der Waals surface area contributed by atoms with Crippen molar-refractivity contribution in [2.75, 3.05) is 0 Å². The molecular formula is C19H16BrN3O2. The van der Waals surface area contributed by atoms with Crippen LogP contribution in [0.5, 0.6) is 5.88 Å². The summed E-state index contributed by atoms with van der Waals surface area (Å²) in [5.74, 6) is -0.235. The fraction of sp³-hybridized carbons (Fsp3) is 0.211. The molecule has 0 radical (unpaired) electrons. The van der Waals surface area contributed by atoms with Gasteiger partial charge in [0.05, 0.1) is 5.52 Å². The van der Waals surface area contributed by atoms with Crippen molar-refractivity contribution in [2.24, 2.45) is 16.1 Å². The van der Waals surface area contributed by atoms with E-state index in [-0.39, 0.29) is 29.3 Å². The van der Waals surface area contributed by atoms with E-state index in [1.165, 1.54) is 0 Å². The van der Waals surface area contributed by atoms with Crippen LogP contribution < -0.4 is 0 Å². The molecule has 1 aliphatic rings. The van der Waals surface area contributed by atoms with Crippen molar-refractivity contribution in [1.29, 1.82) is 0 Å². The Morgan fingerprint density at radius 2 is 2.00 bits per heavy atom. The van der Waals surface area contributed by atoms with Crippen LogP contribution in [0.25, 0.3) is 10.9 Å². The first-order valence-corrected chi connectivity index (χ1v) is 8.86. The van der Waals surface area contributed by atoms with Crippen LogP contribution in [-0.2, 0) is 4.79 Å². The van der Waals surface area contributed by atoms with Gasteiger partial charge in [0.2, 0.25) is 5.88 Å². The molecular weight excluding hydrogens is 382 g/mol. The number of hydrogen-bond acceptors (Lipinski definition) is 3.